The van der Waals surface area contributed by atoms with Gasteiger partial charge in [-0.3, -0.25) is 9.69 Å². The lowest BCUT2D eigenvalue weighted by atomic mass is 10.0. The van der Waals surface area contributed by atoms with Crippen LogP contribution in [0.5, 0.6) is 0 Å². The van der Waals surface area contributed by atoms with Crippen LogP contribution in [0.15, 0.2) is 6.33 Å². The number of hydrogen-bond donors (Lipinski definition) is 3. The van der Waals surface area contributed by atoms with Crippen molar-refractivity contribution in [2.75, 3.05) is 17.2 Å². The van der Waals surface area contributed by atoms with E-state index in [1.54, 1.807) is 20.8 Å². The van der Waals surface area contributed by atoms with E-state index in [1.165, 1.54) is 6.33 Å². The number of rotatable bonds is 1. The van der Waals surface area contributed by atoms with Gasteiger partial charge < -0.3 is 15.7 Å². The molecule has 1 unspecified atom stereocenters. The van der Waals surface area contributed by atoms with Gasteiger partial charge >= 0.3 is 6.09 Å². The first kappa shape index (κ1) is 15.3. The topological polar surface area (TPSA) is 107 Å². The molecule has 1 aromatic rings. The molecule has 9 heteroatoms. The summed E-state index contributed by atoms with van der Waals surface area (Å²) in [4.78, 5) is 32.7. The summed E-state index contributed by atoms with van der Waals surface area (Å²) in [5.41, 5.74) is -0.479. The highest BCUT2D eigenvalue weighted by molar-refractivity contribution is 6.33. The van der Waals surface area contributed by atoms with E-state index in [0.29, 0.717) is 5.82 Å². The van der Waals surface area contributed by atoms with E-state index in [-0.39, 0.29) is 17.4 Å². The van der Waals surface area contributed by atoms with Crippen molar-refractivity contribution >= 4 is 35.1 Å². The Morgan fingerprint density at radius 3 is 2.71 bits per heavy atom. The number of anilines is 2. The van der Waals surface area contributed by atoms with E-state index in [9.17, 15) is 14.7 Å². The fraction of sp³-hybridized carbons (Fsp3) is 0.500. The van der Waals surface area contributed by atoms with Gasteiger partial charge in [0.15, 0.2) is 11.0 Å². The molecule has 0 saturated carbocycles. The highest BCUT2D eigenvalue weighted by atomic mass is 35.5. The molecule has 2 amide bonds. The van der Waals surface area contributed by atoms with Crippen molar-refractivity contribution in [2.45, 2.75) is 32.4 Å². The predicted molar refractivity (Wildman–Crippen MR) is 77.6 cm³/mol. The lowest BCUT2D eigenvalue weighted by molar-refractivity contribution is -0.121. The molecule has 3 N–H and O–H groups in total. The maximum atomic E-state index is 12.4. The SMILES string of the molecule is CC(C)(C)N(C(=O)O)C1CNc2ncnc(Cl)c2NC1=O. The van der Waals surface area contributed by atoms with Gasteiger partial charge in [0.1, 0.15) is 18.1 Å². The van der Waals surface area contributed by atoms with Crippen LogP contribution >= 0.6 is 11.6 Å². The van der Waals surface area contributed by atoms with Crippen molar-refractivity contribution < 1.29 is 14.7 Å². The molecule has 114 valence electrons. The summed E-state index contributed by atoms with van der Waals surface area (Å²) in [6, 6.07) is -0.909. The fourth-order valence-electron chi connectivity index (χ4n) is 2.20. The summed E-state index contributed by atoms with van der Waals surface area (Å²) in [6.45, 7) is 5.26. The summed E-state index contributed by atoms with van der Waals surface area (Å²) in [5, 5.41) is 15.0. The van der Waals surface area contributed by atoms with Gasteiger partial charge in [-0.25, -0.2) is 14.8 Å². The average molecular weight is 314 g/mol. The minimum Gasteiger partial charge on any atom is -0.465 e. The Bertz CT molecular complexity index is 587. The zero-order chi connectivity index (χ0) is 15.8. The first-order valence-corrected chi connectivity index (χ1v) is 6.67. The molecule has 0 aliphatic carbocycles. The van der Waals surface area contributed by atoms with E-state index in [4.69, 9.17) is 11.6 Å². The first-order valence-electron chi connectivity index (χ1n) is 6.29. The second kappa shape index (κ2) is 5.36. The largest absolute Gasteiger partial charge is 0.465 e. The number of carbonyl (C=O) groups is 2. The van der Waals surface area contributed by atoms with E-state index in [0.717, 1.165) is 4.90 Å². The van der Waals surface area contributed by atoms with Crippen molar-refractivity contribution in [2.24, 2.45) is 0 Å². The Hall–Kier alpha value is -2.09. The number of nitrogens with one attached hydrogen (secondary N) is 2. The zero-order valence-electron chi connectivity index (χ0n) is 11.8. The molecule has 0 saturated heterocycles. The van der Waals surface area contributed by atoms with Crippen LogP contribution in [-0.4, -0.2) is 50.1 Å². The Morgan fingerprint density at radius 1 is 1.48 bits per heavy atom. The van der Waals surface area contributed by atoms with Crippen molar-refractivity contribution in [3.8, 4) is 0 Å². The minimum atomic E-state index is -1.17. The number of carbonyl (C=O) groups excluding carboxylic acids is 1. The molecule has 1 aliphatic rings. The summed E-state index contributed by atoms with van der Waals surface area (Å²) >= 11 is 5.92. The molecule has 1 aliphatic heterocycles. The molecular weight excluding hydrogens is 298 g/mol. The van der Waals surface area contributed by atoms with Gasteiger partial charge in [0.2, 0.25) is 5.91 Å². The molecule has 0 aromatic carbocycles. The Kier molecular flexibility index (Phi) is 3.91. The van der Waals surface area contributed by atoms with E-state index in [1.807, 2.05) is 0 Å². The van der Waals surface area contributed by atoms with Crippen LogP contribution in [0, 0.1) is 0 Å². The van der Waals surface area contributed by atoms with Crippen LogP contribution < -0.4 is 10.6 Å². The summed E-state index contributed by atoms with van der Waals surface area (Å²) in [6.07, 6.45) is 0.0897. The van der Waals surface area contributed by atoms with Gasteiger partial charge in [-0.05, 0) is 20.8 Å². The van der Waals surface area contributed by atoms with Crippen LogP contribution in [0.3, 0.4) is 0 Å². The summed E-state index contributed by atoms with van der Waals surface area (Å²) < 4.78 is 0. The van der Waals surface area contributed by atoms with Crippen LogP contribution in [0.4, 0.5) is 16.3 Å². The molecule has 0 fully saturated rings. The molecule has 1 aromatic heterocycles. The molecule has 21 heavy (non-hydrogen) atoms. The van der Waals surface area contributed by atoms with Gasteiger partial charge in [0.25, 0.3) is 0 Å². The maximum Gasteiger partial charge on any atom is 0.408 e. The fourth-order valence-corrected chi connectivity index (χ4v) is 2.38. The molecule has 1 atom stereocenters. The van der Waals surface area contributed by atoms with Crippen molar-refractivity contribution in [1.29, 1.82) is 0 Å². The third-order valence-corrected chi connectivity index (χ3v) is 3.34. The second-order valence-electron chi connectivity index (χ2n) is 5.60. The molecule has 0 spiro atoms. The second-order valence-corrected chi connectivity index (χ2v) is 5.96. The van der Waals surface area contributed by atoms with Gasteiger partial charge in [-0.1, -0.05) is 11.6 Å². The Labute approximate surface area is 126 Å². The van der Waals surface area contributed by atoms with E-state index >= 15 is 0 Å². The Balaban J connectivity index is 2.36. The van der Waals surface area contributed by atoms with Crippen molar-refractivity contribution in [3.63, 3.8) is 0 Å². The molecule has 2 heterocycles. The van der Waals surface area contributed by atoms with E-state index < -0.39 is 23.6 Å². The highest BCUT2D eigenvalue weighted by Crippen LogP contribution is 2.29. The predicted octanol–water partition coefficient (Wildman–Crippen LogP) is 1.64. The number of halogens is 1. The summed E-state index contributed by atoms with van der Waals surface area (Å²) in [7, 11) is 0. The van der Waals surface area contributed by atoms with Crippen LogP contribution in [0.2, 0.25) is 5.15 Å². The molecule has 0 bridgehead atoms. The smallest absolute Gasteiger partial charge is 0.408 e. The van der Waals surface area contributed by atoms with Gasteiger partial charge in [-0.15, -0.1) is 0 Å². The average Bonchev–Trinajstić information content (AvgIpc) is 2.49. The molecule has 2 rings (SSSR count). The number of hydrogen-bond acceptors (Lipinski definition) is 5. The maximum absolute atomic E-state index is 12.4. The van der Waals surface area contributed by atoms with Crippen molar-refractivity contribution in [3.05, 3.63) is 11.5 Å². The molecule has 8 nitrogen and oxygen atoms in total. The summed E-state index contributed by atoms with van der Waals surface area (Å²) in [5.74, 6) is -0.111. The van der Waals surface area contributed by atoms with Crippen LogP contribution in [-0.2, 0) is 4.79 Å². The van der Waals surface area contributed by atoms with Crippen molar-refractivity contribution in [1.82, 2.24) is 14.9 Å². The van der Waals surface area contributed by atoms with Gasteiger partial charge in [-0.2, -0.15) is 0 Å². The number of fused-ring (bicyclic) bond motifs is 1. The number of carboxylic acid groups (broad SMARTS) is 1. The lowest BCUT2D eigenvalue weighted by Crippen LogP contribution is -2.57. The minimum absolute atomic E-state index is 0.0930. The van der Waals surface area contributed by atoms with Crippen LogP contribution in [0.1, 0.15) is 20.8 Å². The number of nitrogens with zero attached hydrogens (tertiary/aromatic N) is 3. The number of amides is 2. The quantitative estimate of drug-likeness (QED) is 0.680. The molecule has 0 radical (unpaired) electrons. The van der Waals surface area contributed by atoms with Crippen LogP contribution in [0.25, 0.3) is 0 Å². The normalized spacial score (nSPS) is 18.1. The zero-order valence-corrected chi connectivity index (χ0v) is 12.6. The third kappa shape index (κ3) is 2.99. The number of aromatic nitrogens is 2. The standard InChI is InChI=1S/C12H16ClN5O3/c1-12(2,3)18(11(20)21)6-4-14-9-7(17-10(6)19)8(13)15-5-16-9/h5-6H,4H2,1-3H3,(H,17,19)(H,20,21)(H,14,15,16). The van der Waals surface area contributed by atoms with E-state index in [2.05, 4.69) is 20.6 Å². The highest BCUT2D eigenvalue weighted by Gasteiger charge is 2.39. The molecular formula is C12H16ClN5O3. The first-order chi connectivity index (χ1) is 9.71. The lowest BCUT2D eigenvalue weighted by Gasteiger charge is -2.38. The third-order valence-electron chi connectivity index (χ3n) is 3.06. The van der Waals surface area contributed by atoms with Gasteiger partial charge in [0, 0.05) is 12.1 Å². The van der Waals surface area contributed by atoms with Gasteiger partial charge in [0.05, 0.1) is 0 Å². The monoisotopic (exact) mass is 313 g/mol. The Morgan fingerprint density at radius 2 is 2.14 bits per heavy atom.